The van der Waals surface area contributed by atoms with E-state index in [2.05, 4.69) is 0 Å². The lowest BCUT2D eigenvalue weighted by molar-refractivity contribution is 0.0695. The number of nitrogens with zero attached hydrogens (tertiary/aromatic N) is 2. The van der Waals surface area contributed by atoms with Crippen molar-refractivity contribution in [3.05, 3.63) is 33.6 Å². The van der Waals surface area contributed by atoms with E-state index in [9.17, 15) is 19.1 Å². The number of carboxylic acids is 1. The maximum Gasteiger partial charge on any atom is 0.341 e. The Morgan fingerprint density at radius 2 is 1.96 bits per heavy atom. The van der Waals surface area contributed by atoms with Crippen LogP contribution in [0.25, 0.3) is 10.9 Å². The molecule has 9 heteroatoms. The van der Waals surface area contributed by atoms with E-state index in [-0.39, 0.29) is 29.8 Å². The Hall–Kier alpha value is -2.68. The Labute approximate surface area is 146 Å². The summed E-state index contributed by atoms with van der Waals surface area (Å²) in [6.07, 6.45) is 3.28. The standard InChI is InChI=1S/C17H18F2N4O3/c18-11-13(21)10-14(12(19)15(11)22-4-3-8(22)5-20)23(7-1-2-7)6-9(16(10)24)17(25)26/h6-8H,1-5,20-21H2,(H,25,26). The fourth-order valence-electron chi connectivity index (χ4n) is 3.58. The SMILES string of the molecule is NCC1CCN1c1c(F)c(N)c2c(=O)c(C(=O)O)cn(C3CC3)c2c1F. The molecule has 26 heavy (non-hydrogen) atoms. The minimum atomic E-state index is -1.46. The minimum absolute atomic E-state index is 0.134. The van der Waals surface area contributed by atoms with Gasteiger partial charge in [-0.05, 0) is 19.3 Å². The summed E-state index contributed by atoms with van der Waals surface area (Å²) < 4.78 is 31.7. The number of fused-ring (bicyclic) bond motifs is 1. The van der Waals surface area contributed by atoms with Gasteiger partial charge in [0.1, 0.15) is 11.3 Å². The Bertz CT molecular complexity index is 998. The number of halogens is 2. The van der Waals surface area contributed by atoms with Gasteiger partial charge in [0.05, 0.1) is 16.6 Å². The van der Waals surface area contributed by atoms with Crippen LogP contribution in [0.5, 0.6) is 0 Å². The number of anilines is 2. The van der Waals surface area contributed by atoms with Crippen molar-refractivity contribution in [3.8, 4) is 0 Å². The van der Waals surface area contributed by atoms with Crippen molar-refractivity contribution >= 4 is 28.2 Å². The zero-order valence-electron chi connectivity index (χ0n) is 13.8. The van der Waals surface area contributed by atoms with Crippen molar-refractivity contribution < 1.29 is 18.7 Å². The summed E-state index contributed by atoms with van der Waals surface area (Å²) in [6.45, 7) is 0.672. The monoisotopic (exact) mass is 364 g/mol. The molecule has 1 saturated carbocycles. The van der Waals surface area contributed by atoms with E-state index in [1.165, 1.54) is 9.47 Å². The average Bonchev–Trinajstić information content (AvgIpc) is 3.40. The van der Waals surface area contributed by atoms with Gasteiger partial charge in [0.2, 0.25) is 5.43 Å². The van der Waals surface area contributed by atoms with E-state index in [4.69, 9.17) is 11.5 Å². The second kappa shape index (κ2) is 5.66. The lowest BCUT2D eigenvalue weighted by Crippen LogP contribution is -2.52. The predicted molar refractivity (Wildman–Crippen MR) is 92.6 cm³/mol. The van der Waals surface area contributed by atoms with Crippen molar-refractivity contribution in [3.63, 3.8) is 0 Å². The number of rotatable bonds is 4. The molecule has 1 atom stereocenters. The largest absolute Gasteiger partial charge is 0.477 e. The Morgan fingerprint density at radius 1 is 1.27 bits per heavy atom. The number of aromatic carboxylic acids is 1. The highest BCUT2D eigenvalue weighted by Gasteiger charge is 2.36. The molecule has 2 fully saturated rings. The first-order valence-electron chi connectivity index (χ1n) is 8.42. The summed E-state index contributed by atoms with van der Waals surface area (Å²) >= 11 is 0. The van der Waals surface area contributed by atoms with Crippen LogP contribution in [0.4, 0.5) is 20.2 Å². The molecule has 2 aromatic rings. The number of hydrogen-bond donors (Lipinski definition) is 3. The summed E-state index contributed by atoms with van der Waals surface area (Å²) in [5.41, 5.74) is 8.99. The molecule has 0 bridgehead atoms. The number of benzene rings is 1. The number of hydrogen-bond acceptors (Lipinski definition) is 5. The van der Waals surface area contributed by atoms with Gasteiger partial charge in [-0.1, -0.05) is 0 Å². The van der Waals surface area contributed by atoms with Crippen LogP contribution in [0.1, 0.15) is 35.7 Å². The number of carboxylic acid groups (broad SMARTS) is 1. The van der Waals surface area contributed by atoms with E-state index in [1.807, 2.05) is 0 Å². The number of nitrogen functional groups attached to an aromatic ring is 1. The Balaban J connectivity index is 2.10. The quantitative estimate of drug-likeness (QED) is 0.707. The van der Waals surface area contributed by atoms with E-state index in [1.54, 1.807) is 0 Å². The summed E-state index contributed by atoms with van der Waals surface area (Å²) in [5, 5.41) is 8.86. The van der Waals surface area contributed by atoms with Crippen molar-refractivity contribution in [2.75, 3.05) is 23.7 Å². The second-order valence-electron chi connectivity index (χ2n) is 6.80. The molecule has 0 radical (unpaired) electrons. The summed E-state index contributed by atoms with van der Waals surface area (Å²) in [5.74, 6) is -3.40. The lowest BCUT2D eigenvalue weighted by atomic mass is 9.99. The van der Waals surface area contributed by atoms with Crippen LogP contribution < -0.4 is 21.8 Å². The van der Waals surface area contributed by atoms with Gasteiger partial charge in [-0.15, -0.1) is 0 Å². The second-order valence-corrected chi connectivity index (χ2v) is 6.80. The van der Waals surface area contributed by atoms with Crippen LogP contribution >= 0.6 is 0 Å². The normalized spacial score (nSPS) is 19.7. The molecule has 2 heterocycles. The molecule has 1 saturated heterocycles. The molecule has 4 rings (SSSR count). The van der Waals surface area contributed by atoms with Crippen molar-refractivity contribution in [1.29, 1.82) is 0 Å². The molecule has 2 aliphatic rings. The minimum Gasteiger partial charge on any atom is -0.477 e. The topological polar surface area (TPSA) is 115 Å². The first-order valence-corrected chi connectivity index (χ1v) is 8.42. The predicted octanol–water partition coefficient (Wildman–Crippen LogP) is 1.43. The molecule has 0 amide bonds. The fraction of sp³-hybridized carbons (Fsp3) is 0.412. The third-order valence-corrected chi connectivity index (χ3v) is 5.24. The number of aromatic nitrogens is 1. The van der Waals surface area contributed by atoms with Gasteiger partial charge in [0, 0.05) is 31.4 Å². The summed E-state index contributed by atoms with van der Waals surface area (Å²) in [6, 6.07) is -0.333. The van der Waals surface area contributed by atoms with Gasteiger partial charge >= 0.3 is 5.97 Å². The van der Waals surface area contributed by atoms with E-state index in [0.29, 0.717) is 13.0 Å². The van der Waals surface area contributed by atoms with Crippen LogP contribution in [0.2, 0.25) is 0 Å². The van der Waals surface area contributed by atoms with Gasteiger partial charge in [-0.25, -0.2) is 13.6 Å². The van der Waals surface area contributed by atoms with Crippen molar-refractivity contribution in [2.24, 2.45) is 5.73 Å². The molecule has 0 spiro atoms. The number of nitrogens with two attached hydrogens (primary N) is 2. The summed E-state index contributed by atoms with van der Waals surface area (Å²) in [4.78, 5) is 25.4. The van der Waals surface area contributed by atoms with E-state index >= 15 is 4.39 Å². The van der Waals surface area contributed by atoms with Crippen molar-refractivity contribution in [1.82, 2.24) is 4.57 Å². The zero-order valence-corrected chi connectivity index (χ0v) is 13.8. The molecular weight excluding hydrogens is 346 g/mol. The van der Waals surface area contributed by atoms with Gasteiger partial charge in [-0.2, -0.15) is 0 Å². The molecule has 1 unspecified atom stereocenters. The third-order valence-electron chi connectivity index (χ3n) is 5.24. The van der Waals surface area contributed by atoms with Crippen LogP contribution in [0.15, 0.2) is 11.0 Å². The van der Waals surface area contributed by atoms with E-state index in [0.717, 1.165) is 19.0 Å². The third kappa shape index (κ3) is 2.20. The highest BCUT2D eigenvalue weighted by molar-refractivity contribution is 5.99. The smallest absolute Gasteiger partial charge is 0.341 e. The Morgan fingerprint density at radius 3 is 2.46 bits per heavy atom. The number of carbonyl (C=O) groups is 1. The number of pyridine rings is 1. The molecule has 138 valence electrons. The first-order chi connectivity index (χ1) is 12.4. The average molecular weight is 364 g/mol. The highest BCUT2D eigenvalue weighted by atomic mass is 19.1. The highest BCUT2D eigenvalue weighted by Crippen LogP contribution is 2.42. The molecule has 1 aliphatic heterocycles. The zero-order chi connectivity index (χ0) is 18.7. The van der Waals surface area contributed by atoms with Crippen LogP contribution in [-0.2, 0) is 0 Å². The molecule has 1 aliphatic carbocycles. The maximum absolute atomic E-state index is 15.4. The van der Waals surface area contributed by atoms with E-state index < -0.39 is 39.7 Å². The maximum atomic E-state index is 15.4. The Kier molecular flexibility index (Phi) is 3.65. The lowest BCUT2D eigenvalue weighted by Gasteiger charge is -2.42. The van der Waals surface area contributed by atoms with Crippen LogP contribution in [0, 0.1) is 11.6 Å². The van der Waals surface area contributed by atoms with Gasteiger partial charge in [0.25, 0.3) is 0 Å². The van der Waals surface area contributed by atoms with Crippen LogP contribution in [-0.4, -0.2) is 34.8 Å². The molecule has 5 N–H and O–H groups in total. The fourth-order valence-corrected chi connectivity index (χ4v) is 3.58. The molecule has 1 aromatic heterocycles. The van der Waals surface area contributed by atoms with Crippen molar-refractivity contribution in [2.45, 2.75) is 31.3 Å². The van der Waals surface area contributed by atoms with Gasteiger partial charge < -0.3 is 26.0 Å². The van der Waals surface area contributed by atoms with Gasteiger partial charge in [-0.3, -0.25) is 4.79 Å². The van der Waals surface area contributed by atoms with Crippen LogP contribution in [0.3, 0.4) is 0 Å². The summed E-state index contributed by atoms with van der Waals surface area (Å²) in [7, 11) is 0. The first kappa shape index (κ1) is 16.8. The van der Waals surface area contributed by atoms with Gasteiger partial charge in [0.15, 0.2) is 11.6 Å². The molecule has 7 nitrogen and oxygen atoms in total. The molecule has 1 aromatic carbocycles. The molecular formula is C17H18F2N4O3.